The molecule has 31 heavy (non-hydrogen) atoms. The van der Waals surface area contributed by atoms with E-state index in [1.165, 1.54) is 0 Å². The Balaban J connectivity index is 1.83. The Kier molecular flexibility index (Phi) is 5.79. The van der Waals surface area contributed by atoms with E-state index in [-0.39, 0.29) is 18.0 Å². The van der Waals surface area contributed by atoms with Crippen LogP contribution in [0.15, 0.2) is 76.0 Å². The van der Waals surface area contributed by atoms with Crippen molar-refractivity contribution in [1.29, 1.82) is 0 Å². The molecule has 1 N–H and O–H groups in total. The van der Waals surface area contributed by atoms with Crippen LogP contribution in [0.25, 0.3) is 10.9 Å². The first-order valence-electron chi connectivity index (χ1n) is 10.1. The second-order valence-electron chi connectivity index (χ2n) is 7.88. The minimum Gasteiger partial charge on any atom is -0.322 e. The summed E-state index contributed by atoms with van der Waals surface area (Å²) in [5, 5.41) is 0.939. The number of hydrogen-bond acceptors (Lipinski definition) is 2. The van der Waals surface area contributed by atoms with Gasteiger partial charge in [-0.3, -0.25) is 9.59 Å². The molecule has 5 heteroatoms. The van der Waals surface area contributed by atoms with Crippen LogP contribution in [0.1, 0.15) is 32.6 Å². The lowest BCUT2D eigenvalue weighted by atomic mass is 10.1. The summed E-state index contributed by atoms with van der Waals surface area (Å²) in [6, 6.07) is 21.1. The molecule has 4 nitrogen and oxygen atoms in total. The highest BCUT2D eigenvalue weighted by Crippen LogP contribution is 2.27. The quantitative estimate of drug-likeness (QED) is 0.390. The number of aromatic amines is 1. The number of pyridine rings is 1. The fourth-order valence-corrected chi connectivity index (χ4v) is 4.26. The van der Waals surface area contributed by atoms with Crippen molar-refractivity contribution in [2.45, 2.75) is 27.3 Å². The number of nitrogens with one attached hydrogen (secondary N) is 1. The van der Waals surface area contributed by atoms with Crippen molar-refractivity contribution in [1.82, 2.24) is 4.98 Å². The van der Waals surface area contributed by atoms with Crippen LogP contribution in [0, 0.1) is 20.8 Å². The van der Waals surface area contributed by atoms with Crippen LogP contribution < -0.4 is 10.5 Å². The molecular weight excluding hydrogens is 452 g/mol. The number of aryl methyl sites for hydroxylation is 3. The van der Waals surface area contributed by atoms with Crippen molar-refractivity contribution >= 4 is 38.4 Å². The zero-order chi connectivity index (χ0) is 22.1. The second-order valence-corrected chi connectivity index (χ2v) is 8.73. The fourth-order valence-electron chi connectivity index (χ4n) is 3.80. The summed E-state index contributed by atoms with van der Waals surface area (Å²) in [5.74, 6) is -0.164. The summed E-state index contributed by atoms with van der Waals surface area (Å²) in [6.07, 6.45) is 0. The van der Waals surface area contributed by atoms with Crippen LogP contribution in [0.3, 0.4) is 0 Å². The van der Waals surface area contributed by atoms with Crippen LogP contribution >= 0.6 is 15.9 Å². The second kappa shape index (κ2) is 8.52. The molecule has 0 saturated heterocycles. The Morgan fingerprint density at radius 2 is 1.65 bits per heavy atom. The first-order valence-corrected chi connectivity index (χ1v) is 10.9. The molecule has 4 rings (SSSR count). The number of halogens is 1. The van der Waals surface area contributed by atoms with E-state index in [2.05, 4.69) is 20.9 Å². The number of carbonyl (C=O) groups excluding carboxylic acids is 1. The topological polar surface area (TPSA) is 53.2 Å². The maximum absolute atomic E-state index is 13.6. The number of anilines is 1. The van der Waals surface area contributed by atoms with E-state index in [1.54, 1.807) is 11.0 Å². The number of H-pyrrole nitrogens is 1. The first kappa shape index (κ1) is 21.1. The molecule has 0 radical (unpaired) electrons. The lowest BCUT2D eigenvalue weighted by Crippen LogP contribution is -2.33. The van der Waals surface area contributed by atoms with Crippen molar-refractivity contribution in [3.8, 4) is 0 Å². The molecule has 0 saturated carbocycles. The molecule has 0 aliphatic heterocycles. The predicted molar refractivity (Wildman–Crippen MR) is 130 cm³/mol. The van der Waals surface area contributed by atoms with Gasteiger partial charge in [0.1, 0.15) is 0 Å². The zero-order valence-electron chi connectivity index (χ0n) is 17.7. The lowest BCUT2D eigenvalue weighted by molar-refractivity contribution is 0.0984. The summed E-state index contributed by atoms with van der Waals surface area (Å²) < 4.78 is 0.720. The summed E-state index contributed by atoms with van der Waals surface area (Å²) in [7, 11) is 0. The fraction of sp³-hybridized carbons (Fsp3) is 0.154. The maximum Gasteiger partial charge on any atom is 0.259 e. The van der Waals surface area contributed by atoms with E-state index in [0.717, 1.165) is 37.8 Å². The van der Waals surface area contributed by atoms with Crippen LogP contribution in [-0.2, 0) is 6.54 Å². The van der Waals surface area contributed by atoms with Crippen molar-refractivity contribution in [3.05, 3.63) is 109 Å². The first-order chi connectivity index (χ1) is 14.8. The average molecular weight is 475 g/mol. The number of nitrogens with zero attached hydrogens (tertiary/aromatic N) is 1. The number of hydrogen-bond donors (Lipinski definition) is 1. The Hall–Kier alpha value is -3.18. The molecule has 0 atom stereocenters. The number of benzene rings is 3. The minimum atomic E-state index is -0.187. The average Bonchev–Trinajstić information content (AvgIpc) is 2.73. The van der Waals surface area contributed by atoms with Crippen molar-refractivity contribution in [3.63, 3.8) is 0 Å². The highest BCUT2D eigenvalue weighted by Gasteiger charge is 2.23. The van der Waals surface area contributed by atoms with Gasteiger partial charge in [-0.25, -0.2) is 0 Å². The van der Waals surface area contributed by atoms with Crippen LogP contribution in [0.2, 0.25) is 0 Å². The molecule has 1 aromatic heterocycles. The van der Waals surface area contributed by atoms with Gasteiger partial charge in [0.05, 0.1) is 12.1 Å². The standard InChI is InChI=1S/C26H23BrN2O2/c1-16-9-11-24(18(3)12-16)29(26(31)21-6-4-5-7-22(21)27)15-20-14-19-10-8-17(2)13-23(19)28-25(20)30/h4-14H,15H2,1-3H3,(H,28,30). The SMILES string of the molecule is Cc1ccc(N(Cc2cc3ccc(C)cc3[nH]c2=O)C(=O)c2ccccc2Br)c(C)c1. The van der Waals surface area contributed by atoms with Gasteiger partial charge in [0.15, 0.2) is 0 Å². The summed E-state index contributed by atoms with van der Waals surface area (Å²) in [5.41, 5.74) is 5.66. The highest BCUT2D eigenvalue weighted by atomic mass is 79.9. The minimum absolute atomic E-state index is 0.164. The van der Waals surface area contributed by atoms with Gasteiger partial charge in [0.2, 0.25) is 0 Å². The summed E-state index contributed by atoms with van der Waals surface area (Å²) in [4.78, 5) is 31.1. The molecule has 4 aromatic rings. The summed E-state index contributed by atoms with van der Waals surface area (Å²) in [6.45, 7) is 6.16. The van der Waals surface area contributed by atoms with Gasteiger partial charge < -0.3 is 9.88 Å². The highest BCUT2D eigenvalue weighted by molar-refractivity contribution is 9.10. The van der Waals surface area contributed by atoms with E-state index in [0.29, 0.717) is 11.1 Å². The number of fused-ring (bicyclic) bond motifs is 1. The normalized spacial score (nSPS) is 11.0. The Morgan fingerprint density at radius 1 is 0.935 bits per heavy atom. The third kappa shape index (κ3) is 4.32. The third-order valence-corrected chi connectivity index (χ3v) is 6.09. The number of amides is 1. The molecule has 0 bridgehead atoms. The van der Waals surface area contributed by atoms with E-state index in [4.69, 9.17) is 0 Å². The van der Waals surface area contributed by atoms with Gasteiger partial charge in [0.25, 0.3) is 11.5 Å². The molecule has 156 valence electrons. The molecule has 0 aliphatic carbocycles. The molecule has 3 aromatic carbocycles. The number of carbonyl (C=O) groups is 1. The predicted octanol–water partition coefficient (Wildman–Crippen LogP) is 6.06. The van der Waals surface area contributed by atoms with Crippen molar-refractivity contribution < 1.29 is 4.79 Å². The Labute approximate surface area is 189 Å². The van der Waals surface area contributed by atoms with E-state index in [1.807, 2.05) is 81.4 Å². The van der Waals surface area contributed by atoms with Crippen molar-refractivity contribution in [2.24, 2.45) is 0 Å². The van der Waals surface area contributed by atoms with Crippen molar-refractivity contribution in [2.75, 3.05) is 4.90 Å². The maximum atomic E-state index is 13.6. The van der Waals surface area contributed by atoms with Gasteiger partial charge in [-0.1, -0.05) is 42.0 Å². The Morgan fingerprint density at radius 3 is 2.39 bits per heavy atom. The van der Waals surface area contributed by atoms with Gasteiger partial charge in [-0.2, -0.15) is 0 Å². The number of aromatic nitrogens is 1. The van der Waals surface area contributed by atoms with Gasteiger partial charge in [0, 0.05) is 21.2 Å². The molecule has 0 unspecified atom stereocenters. The summed E-state index contributed by atoms with van der Waals surface area (Å²) >= 11 is 3.49. The van der Waals surface area contributed by atoms with E-state index < -0.39 is 0 Å². The molecule has 0 spiro atoms. The lowest BCUT2D eigenvalue weighted by Gasteiger charge is -2.25. The van der Waals surface area contributed by atoms with Crippen LogP contribution in [0.4, 0.5) is 5.69 Å². The van der Waals surface area contributed by atoms with Gasteiger partial charge in [-0.15, -0.1) is 0 Å². The number of rotatable bonds is 4. The van der Waals surface area contributed by atoms with E-state index in [9.17, 15) is 9.59 Å². The van der Waals surface area contributed by atoms with Gasteiger partial charge >= 0.3 is 0 Å². The third-order valence-electron chi connectivity index (χ3n) is 5.40. The molecule has 0 fully saturated rings. The van der Waals surface area contributed by atoms with Crippen LogP contribution in [-0.4, -0.2) is 10.9 Å². The van der Waals surface area contributed by atoms with Crippen LogP contribution in [0.5, 0.6) is 0 Å². The monoisotopic (exact) mass is 474 g/mol. The zero-order valence-corrected chi connectivity index (χ0v) is 19.3. The Bertz CT molecular complexity index is 1360. The smallest absolute Gasteiger partial charge is 0.259 e. The molecule has 0 aliphatic rings. The molecule has 1 heterocycles. The van der Waals surface area contributed by atoms with E-state index >= 15 is 0 Å². The molecule has 1 amide bonds. The van der Waals surface area contributed by atoms with Gasteiger partial charge in [-0.05, 0) is 83.5 Å². The largest absolute Gasteiger partial charge is 0.322 e. The molecular formula is C26H23BrN2O2.